The lowest BCUT2D eigenvalue weighted by Gasteiger charge is -2.20. The molecule has 102 valence electrons. The van der Waals surface area contributed by atoms with Crippen molar-refractivity contribution in [1.82, 2.24) is 14.8 Å². The lowest BCUT2D eigenvalue weighted by atomic mass is 10.4. The first-order valence-corrected chi connectivity index (χ1v) is 7.81. The van der Waals surface area contributed by atoms with Gasteiger partial charge in [-0.05, 0) is 35.0 Å². The summed E-state index contributed by atoms with van der Waals surface area (Å²) in [6.45, 7) is 2.06. The van der Waals surface area contributed by atoms with Gasteiger partial charge in [0.25, 0.3) is 10.0 Å². The Labute approximate surface area is 120 Å². The fraction of sp³-hybridized carbons (Fsp3) is 0.273. The van der Waals surface area contributed by atoms with Crippen molar-refractivity contribution in [3.05, 3.63) is 35.2 Å². The fourth-order valence-corrected chi connectivity index (χ4v) is 3.28. The Hall–Kier alpha value is -1.41. The first-order chi connectivity index (χ1) is 8.95. The molecule has 0 unspecified atom stereocenters. The van der Waals surface area contributed by atoms with Crippen molar-refractivity contribution in [2.24, 2.45) is 7.05 Å². The van der Waals surface area contributed by atoms with Crippen molar-refractivity contribution < 1.29 is 8.42 Å². The Morgan fingerprint density at radius 1 is 1.37 bits per heavy atom. The van der Waals surface area contributed by atoms with E-state index >= 15 is 0 Å². The highest BCUT2D eigenvalue weighted by Crippen LogP contribution is 2.22. The van der Waals surface area contributed by atoms with Crippen LogP contribution >= 0.6 is 15.9 Å². The molecule has 2 rings (SSSR count). The van der Waals surface area contributed by atoms with Gasteiger partial charge >= 0.3 is 0 Å². The van der Waals surface area contributed by atoms with Gasteiger partial charge in [0.15, 0.2) is 0 Å². The van der Waals surface area contributed by atoms with Gasteiger partial charge in [-0.15, -0.1) is 0 Å². The molecule has 0 aliphatic rings. The van der Waals surface area contributed by atoms with Crippen LogP contribution in [0.15, 0.2) is 40.1 Å². The summed E-state index contributed by atoms with van der Waals surface area (Å²) in [4.78, 5) is 4.27. The van der Waals surface area contributed by atoms with Crippen LogP contribution in [0.25, 0.3) is 0 Å². The standard InChI is InChI=1S/C11H13BrN4O2S/c1-3-16(11-5-4-9(12)6-13-11)19(17,18)10-7-14-15(2)8-10/h4-8H,3H2,1-2H3. The predicted octanol–water partition coefficient (Wildman–Crippen LogP) is 1.79. The van der Waals surface area contributed by atoms with E-state index in [2.05, 4.69) is 26.0 Å². The van der Waals surface area contributed by atoms with E-state index in [9.17, 15) is 8.42 Å². The molecule has 8 heteroatoms. The molecule has 0 bridgehead atoms. The van der Waals surface area contributed by atoms with Crippen LogP contribution in [0.4, 0.5) is 5.82 Å². The molecule has 0 spiro atoms. The third kappa shape index (κ3) is 2.79. The maximum absolute atomic E-state index is 12.5. The summed E-state index contributed by atoms with van der Waals surface area (Å²) < 4.78 is 28.5. The molecular weight excluding hydrogens is 332 g/mol. The van der Waals surface area contributed by atoms with Gasteiger partial charge < -0.3 is 0 Å². The first-order valence-electron chi connectivity index (χ1n) is 5.58. The maximum atomic E-state index is 12.5. The molecule has 2 aromatic rings. The average molecular weight is 345 g/mol. The third-order valence-electron chi connectivity index (χ3n) is 2.52. The van der Waals surface area contributed by atoms with Crippen LogP contribution in [0.1, 0.15) is 6.92 Å². The summed E-state index contributed by atoms with van der Waals surface area (Å²) in [6.07, 6.45) is 4.37. The van der Waals surface area contributed by atoms with E-state index in [1.807, 2.05) is 0 Å². The zero-order valence-corrected chi connectivity index (χ0v) is 12.9. The quantitative estimate of drug-likeness (QED) is 0.847. The third-order valence-corrected chi connectivity index (χ3v) is 4.82. The number of pyridine rings is 1. The molecule has 0 fully saturated rings. The Balaban J connectivity index is 2.44. The summed E-state index contributed by atoms with van der Waals surface area (Å²) in [5, 5.41) is 3.89. The summed E-state index contributed by atoms with van der Waals surface area (Å²) in [6, 6.07) is 3.41. The SMILES string of the molecule is CCN(c1ccc(Br)cn1)S(=O)(=O)c1cnn(C)c1. The van der Waals surface area contributed by atoms with Crippen molar-refractivity contribution in [3.8, 4) is 0 Å². The van der Waals surface area contributed by atoms with Crippen molar-refractivity contribution in [1.29, 1.82) is 0 Å². The Morgan fingerprint density at radius 3 is 2.58 bits per heavy atom. The number of sulfonamides is 1. The maximum Gasteiger partial charge on any atom is 0.268 e. The average Bonchev–Trinajstić information content (AvgIpc) is 2.80. The summed E-state index contributed by atoms with van der Waals surface area (Å²) >= 11 is 3.27. The molecule has 0 aliphatic carbocycles. The van der Waals surface area contributed by atoms with Gasteiger partial charge in [-0.3, -0.25) is 4.68 Å². The van der Waals surface area contributed by atoms with E-state index in [0.29, 0.717) is 12.4 Å². The number of hydrogen-bond donors (Lipinski definition) is 0. The summed E-state index contributed by atoms with van der Waals surface area (Å²) in [5.41, 5.74) is 0. The molecule has 2 aromatic heterocycles. The molecular formula is C11H13BrN4O2S. The minimum Gasteiger partial charge on any atom is -0.274 e. The zero-order chi connectivity index (χ0) is 14.0. The van der Waals surface area contributed by atoms with E-state index < -0.39 is 10.0 Å². The topological polar surface area (TPSA) is 68.1 Å². The molecule has 0 aliphatic heterocycles. The smallest absolute Gasteiger partial charge is 0.268 e. The second-order valence-electron chi connectivity index (χ2n) is 3.85. The van der Waals surface area contributed by atoms with Crippen molar-refractivity contribution in [2.75, 3.05) is 10.8 Å². The number of anilines is 1. The van der Waals surface area contributed by atoms with Crippen molar-refractivity contribution in [3.63, 3.8) is 0 Å². The second-order valence-corrected chi connectivity index (χ2v) is 6.63. The Bertz CT molecular complexity index is 666. The molecule has 2 heterocycles. The van der Waals surface area contributed by atoms with E-state index in [1.54, 1.807) is 32.3 Å². The van der Waals surface area contributed by atoms with Crippen LogP contribution in [-0.4, -0.2) is 29.7 Å². The molecule has 0 N–H and O–H groups in total. The fourth-order valence-electron chi connectivity index (χ4n) is 1.63. The minimum absolute atomic E-state index is 0.154. The number of hydrogen-bond acceptors (Lipinski definition) is 4. The van der Waals surface area contributed by atoms with Gasteiger partial charge in [0.1, 0.15) is 10.7 Å². The molecule has 0 aromatic carbocycles. The molecule has 0 saturated heterocycles. The van der Waals surface area contributed by atoms with Crippen LogP contribution in [0.3, 0.4) is 0 Å². The zero-order valence-electron chi connectivity index (χ0n) is 10.5. The van der Waals surface area contributed by atoms with Gasteiger partial charge in [0.2, 0.25) is 0 Å². The second kappa shape index (κ2) is 5.30. The summed E-state index contributed by atoms with van der Waals surface area (Å²) in [5.74, 6) is 0.384. The molecule has 0 saturated carbocycles. The van der Waals surface area contributed by atoms with Crippen LogP contribution < -0.4 is 4.31 Å². The number of aryl methyl sites for hydroxylation is 1. The first kappa shape index (κ1) is 14.0. The highest BCUT2D eigenvalue weighted by atomic mass is 79.9. The normalized spacial score (nSPS) is 11.5. The number of halogens is 1. The number of rotatable bonds is 4. The number of nitrogens with zero attached hydrogens (tertiary/aromatic N) is 4. The van der Waals surface area contributed by atoms with E-state index in [-0.39, 0.29) is 4.90 Å². The van der Waals surface area contributed by atoms with E-state index in [0.717, 1.165) is 4.47 Å². The lowest BCUT2D eigenvalue weighted by Crippen LogP contribution is -2.31. The lowest BCUT2D eigenvalue weighted by molar-refractivity contribution is 0.591. The highest BCUT2D eigenvalue weighted by molar-refractivity contribution is 9.10. The van der Waals surface area contributed by atoms with Crippen molar-refractivity contribution in [2.45, 2.75) is 11.8 Å². The van der Waals surface area contributed by atoms with E-state index in [1.165, 1.54) is 21.4 Å². The molecule has 6 nitrogen and oxygen atoms in total. The highest BCUT2D eigenvalue weighted by Gasteiger charge is 2.25. The minimum atomic E-state index is -3.62. The van der Waals surface area contributed by atoms with Gasteiger partial charge in [-0.25, -0.2) is 17.7 Å². The van der Waals surface area contributed by atoms with Gasteiger partial charge in [-0.1, -0.05) is 0 Å². The van der Waals surface area contributed by atoms with Gasteiger partial charge in [0, 0.05) is 30.5 Å². The predicted molar refractivity (Wildman–Crippen MR) is 75.4 cm³/mol. The van der Waals surface area contributed by atoms with Crippen LogP contribution in [0, 0.1) is 0 Å². The largest absolute Gasteiger partial charge is 0.274 e. The molecule has 0 atom stereocenters. The molecule has 19 heavy (non-hydrogen) atoms. The molecule has 0 radical (unpaired) electrons. The summed E-state index contributed by atoms with van der Waals surface area (Å²) in [7, 11) is -1.95. The van der Waals surface area contributed by atoms with Gasteiger partial charge in [0.05, 0.1) is 6.20 Å². The van der Waals surface area contributed by atoms with Gasteiger partial charge in [-0.2, -0.15) is 5.10 Å². The molecule has 0 amide bonds. The monoisotopic (exact) mass is 344 g/mol. The number of aromatic nitrogens is 3. The Kier molecular flexibility index (Phi) is 3.91. The Morgan fingerprint density at radius 2 is 2.11 bits per heavy atom. The van der Waals surface area contributed by atoms with Crippen LogP contribution in [-0.2, 0) is 17.1 Å². The van der Waals surface area contributed by atoms with E-state index in [4.69, 9.17) is 0 Å². The van der Waals surface area contributed by atoms with Crippen LogP contribution in [0.2, 0.25) is 0 Å². The van der Waals surface area contributed by atoms with Crippen LogP contribution in [0.5, 0.6) is 0 Å². The van der Waals surface area contributed by atoms with Crippen molar-refractivity contribution >= 4 is 31.8 Å².